The predicted octanol–water partition coefficient (Wildman–Crippen LogP) is 1.52. The number of aromatic nitrogens is 1. The van der Waals surface area contributed by atoms with Crippen LogP contribution in [0.25, 0.3) is 0 Å². The molecule has 1 fully saturated rings. The van der Waals surface area contributed by atoms with E-state index in [0.717, 1.165) is 0 Å². The Morgan fingerprint density at radius 2 is 2.30 bits per heavy atom. The van der Waals surface area contributed by atoms with Gasteiger partial charge in [-0.2, -0.15) is 0 Å². The number of pyridine rings is 1. The number of hydrogen-bond donors (Lipinski definition) is 0. The molecule has 0 aromatic carbocycles. The summed E-state index contributed by atoms with van der Waals surface area (Å²) in [4.78, 5) is 17.3. The van der Waals surface area contributed by atoms with Crippen molar-refractivity contribution >= 4 is 27.3 Å². The van der Waals surface area contributed by atoms with Crippen molar-refractivity contribution in [3.8, 4) is 0 Å². The number of sulfone groups is 1. The van der Waals surface area contributed by atoms with E-state index in [2.05, 4.69) is 4.98 Å². The monoisotopic (exact) mass is 320 g/mol. The molecule has 0 bridgehead atoms. The highest BCUT2D eigenvalue weighted by atomic mass is 35.5. The second kappa shape index (κ2) is 5.65. The zero-order valence-electron chi connectivity index (χ0n) is 10.8. The molecule has 1 aromatic heterocycles. The minimum absolute atomic E-state index is 0.0566. The van der Waals surface area contributed by atoms with Crippen LogP contribution in [0.2, 0.25) is 5.15 Å². The second-order valence-electron chi connectivity index (χ2n) is 4.61. The third-order valence-corrected chi connectivity index (χ3v) is 5.34. The van der Waals surface area contributed by atoms with Crippen molar-refractivity contribution < 1.29 is 17.6 Å². The first-order valence-electron chi connectivity index (χ1n) is 6.17. The van der Waals surface area contributed by atoms with Gasteiger partial charge in [0.1, 0.15) is 0 Å². The highest BCUT2D eigenvalue weighted by Crippen LogP contribution is 2.22. The van der Waals surface area contributed by atoms with Crippen molar-refractivity contribution in [1.82, 2.24) is 9.88 Å². The number of hydrogen-bond acceptors (Lipinski definition) is 4. The molecule has 1 amide bonds. The lowest BCUT2D eigenvalue weighted by Gasteiger charge is -2.27. The lowest BCUT2D eigenvalue weighted by atomic mass is 10.1. The Kier molecular flexibility index (Phi) is 4.29. The molecular formula is C12H14ClFN2O3S. The number of halogens is 2. The van der Waals surface area contributed by atoms with Gasteiger partial charge in [-0.15, -0.1) is 0 Å². The lowest BCUT2D eigenvalue weighted by molar-refractivity contribution is 0.0703. The van der Waals surface area contributed by atoms with Gasteiger partial charge in [0.05, 0.1) is 17.1 Å². The summed E-state index contributed by atoms with van der Waals surface area (Å²) in [6.45, 7) is 2.03. The molecule has 5 nitrogen and oxygen atoms in total. The third-order valence-electron chi connectivity index (χ3n) is 3.33. The van der Waals surface area contributed by atoms with Gasteiger partial charge < -0.3 is 4.90 Å². The average Bonchev–Trinajstić information content (AvgIpc) is 2.74. The topological polar surface area (TPSA) is 67.3 Å². The second-order valence-corrected chi connectivity index (χ2v) is 7.20. The molecule has 1 aliphatic rings. The largest absolute Gasteiger partial charge is 0.335 e. The predicted molar refractivity (Wildman–Crippen MR) is 73.0 cm³/mol. The molecular weight excluding hydrogens is 307 g/mol. The van der Waals surface area contributed by atoms with Crippen molar-refractivity contribution in [3.63, 3.8) is 0 Å². The molecule has 1 unspecified atom stereocenters. The van der Waals surface area contributed by atoms with E-state index >= 15 is 0 Å². The zero-order chi connectivity index (χ0) is 14.9. The summed E-state index contributed by atoms with van der Waals surface area (Å²) in [7, 11) is -3.11. The molecule has 110 valence electrons. The fourth-order valence-corrected chi connectivity index (χ4v) is 4.22. The minimum Gasteiger partial charge on any atom is -0.335 e. The van der Waals surface area contributed by atoms with Gasteiger partial charge in [0.2, 0.25) is 0 Å². The van der Waals surface area contributed by atoms with Crippen LogP contribution in [0.5, 0.6) is 0 Å². The highest BCUT2D eigenvalue weighted by molar-refractivity contribution is 7.91. The molecule has 1 saturated heterocycles. The summed E-state index contributed by atoms with van der Waals surface area (Å²) >= 11 is 5.56. The summed E-state index contributed by atoms with van der Waals surface area (Å²) in [6, 6.07) is 0.833. The van der Waals surface area contributed by atoms with E-state index in [9.17, 15) is 17.6 Å². The van der Waals surface area contributed by atoms with Crippen molar-refractivity contribution in [2.45, 2.75) is 19.4 Å². The molecule has 0 aliphatic carbocycles. The van der Waals surface area contributed by atoms with Crippen molar-refractivity contribution in [2.24, 2.45) is 0 Å². The Morgan fingerprint density at radius 1 is 1.60 bits per heavy atom. The van der Waals surface area contributed by atoms with Crippen LogP contribution in [0.4, 0.5) is 4.39 Å². The molecule has 1 aliphatic heterocycles. The molecule has 20 heavy (non-hydrogen) atoms. The van der Waals surface area contributed by atoms with Gasteiger partial charge in [0.25, 0.3) is 5.91 Å². The normalized spacial score (nSPS) is 20.9. The van der Waals surface area contributed by atoms with Gasteiger partial charge in [-0.05, 0) is 19.4 Å². The molecule has 0 radical (unpaired) electrons. The van der Waals surface area contributed by atoms with Crippen LogP contribution in [-0.4, -0.2) is 48.3 Å². The third kappa shape index (κ3) is 2.93. The fourth-order valence-electron chi connectivity index (χ4n) is 2.33. The van der Waals surface area contributed by atoms with Crippen LogP contribution >= 0.6 is 11.6 Å². The van der Waals surface area contributed by atoms with Crippen LogP contribution in [0.15, 0.2) is 12.3 Å². The number of amides is 1. The van der Waals surface area contributed by atoms with Crippen LogP contribution in [0, 0.1) is 5.82 Å². The molecule has 2 rings (SSSR count). The first-order valence-corrected chi connectivity index (χ1v) is 8.37. The minimum atomic E-state index is -3.11. The molecule has 1 aromatic rings. The van der Waals surface area contributed by atoms with Gasteiger partial charge in [-0.25, -0.2) is 17.8 Å². The first-order chi connectivity index (χ1) is 9.35. The van der Waals surface area contributed by atoms with Crippen LogP contribution in [0.1, 0.15) is 23.7 Å². The van der Waals surface area contributed by atoms with Crippen LogP contribution in [0.3, 0.4) is 0 Å². The Balaban J connectivity index is 2.28. The standard InChI is InChI=1S/C12H14ClFN2O3S/c1-2-16(8-4-6-20(18,19)7-8)12(17)9-3-5-15-11(13)10(9)14/h3,5,8H,2,4,6-7H2,1H3. The molecule has 0 N–H and O–H groups in total. The van der Waals surface area contributed by atoms with Crippen LogP contribution in [-0.2, 0) is 9.84 Å². The van der Waals surface area contributed by atoms with E-state index in [1.807, 2.05) is 0 Å². The van der Waals surface area contributed by atoms with Gasteiger partial charge in [0.15, 0.2) is 20.8 Å². The van der Waals surface area contributed by atoms with E-state index in [1.165, 1.54) is 17.2 Å². The summed E-state index contributed by atoms with van der Waals surface area (Å²) in [6.07, 6.45) is 1.63. The van der Waals surface area contributed by atoms with Crippen molar-refractivity contribution in [3.05, 3.63) is 28.8 Å². The molecule has 2 heterocycles. The smallest absolute Gasteiger partial charge is 0.257 e. The average molecular weight is 321 g/mol. The van der Waals surface area contributed by atoms with E-state index in [-0.39, 0.29) is 22.2 Å². The Bertz CT molecular complexity index is 636. The molecule has 0 spiro atoms. The number of nitrogens with zero attached hydrogens (tertiary/aromatic N) is 2. The molecule has 8 heteroatoms. The summed E-state index contributed by atoms with van der Waals surface area (Å²) in [5, 5.41) is -0.369. The highest BCUT2D eigenvalue weighted by Gasteiger charge is 2.35. The quantitative estimate of drug-likeness (QED) is 0.792. The van der Waals surface area contributed by atoms with E-state index in [1.54, 1.807) is 6.92 Å². The van der Waals surface area contributed by atoms with Crippen LogP contribution < -0.4 is 0 Å². The zero-order valence-corrected chi connectivity index (χ0v) is 12.4. The maximum atomic E-state index is 13.8. The Hall–Kier alpha value is -1.21. The Labute approximate surface area is 121 Å². The number of rotatable bonds is 3. The fraction of sp³-hybridized carbons (Fsp3) is 0.500. The van der Waals surface area contributed by atoms with Gasteiger partial charge >= 0.3 is 0 Å². The Morgan fingerprint density at radius 3 is 2.85 bits per heavy atom. The number of carbonyl (C=O) groups excluding carboxylic acids is 1. The maximum absolute atomic E-state index is 13.8. The van der Waals surface area contributed by atoms with Gasteiger partial charge in [0, 0.05) is 18.8 Å². The van der Waals surface area contributed by atoms with E-state index in [0.29, 0.717) is 13.0 Å². The van der Waals surface area contributed by atoms with Crippen molar-refractivity contribution in [1.29, 1.82) is 0 Å². The van der Waals surface area contributed by atoms with E-state index in [4.69, 9.17) is 11.6 Å². The van der Waals surface area contributed by atoms with Crippen molar-refractivity contribution in [2.75, 3.05) is 18.1 Å². The van der Waals surface area contributed by atoms with Gasteiger partial charge in [-0.3, -0.25) is 4.79 Å². The summed E-state index contributed by atoms with van der Waals surface area (Å²) in [5.41, 5.74) is -0.184. The SMILES string of the molecule is CCN(C(=O)c1ccnc(Cl)c1F)C1CCS(=O)(=O)C1. The molecule has 1 atom stereocenters. The summed E-state index contributed by atoms with van der Waals surface area (Å²) in [5.74, 6) is -1.46. The first kappa shape index (κ1) is 15.2. The van der Waals surface area contributed by atoms with Gasteiger partial charge in [-0.1, -0.05) is 11.6 Å². The number of carbonyl (C=O) groups is 1. The lowest BCUT2D eigenvalue weighted by Crippen LogP contribution is -2.41. The maximum Gasteiger partial charge on any atom is 0.257 e. The summed E-state index contributed by atoms with van der Waals surface area (Å²) < 4.78 is 36.8. The molecule has 0 saturated carbocycles. The van der Waals surface area contributed by atoms with E-state index < -0.39 is 27.6 Å².